The first-order valence-electron chi connectivity index (χ1n) is 10.9. The van der Waals surface area contributed by atoms with Crippen molar-refractivity contribution in [1.29, 1.82) is 0 Å². The number of aryl methyl sites for hydroxylation is 1. The van der Waals surface area contributed by atoms with Gasteiger partial charge in [-0.2, -0.15) is 0 Å². The van der Waals surface area contributed by atoms with Crippen molar-refractivity contribution in [3.05, 3.63) is 72.0 Å². The Kier molecular flexibility index (Phi) is 6.76. The van der Waals surface area contributed by atoms with Crippen molar-refractivity contribution >= 4 is 23.7 Å². The zero-order valence-corrected chi connectivity index (χ0v) is 19.4. The third-order valence-electron chi connectivity index (χ3n) is 5.51. The van der Waals surface area contributed by atoms with Crippen LogP contribution in [-0.2, 0) is 4.79 Å². The minimum Gasteiger partial charge on any atom is -0.479 e. The minimum absolute atomic E-state index is 0.0529. The average Bonchev–Trinajstić information content (AvgIpc) is 3.26. The molecular weight excluding hydrogens is 458 g/mol. The fraction of sp³-hybridized carbons (Fsp3) is 0.250. The lowest BCUT2D eigenvalue weighted by Crippen LogP contribution is -2.59. The van der Waals surface area contributed by atoms with Gasteiger partial charge in [-0.15, -0.1) is 0 Å². The smallest absolute Gasteiger partial charge is 0.343 e. The predicted molar refractivity (Wildman–Crippen MR) is 125 cm³/mol. The summed E-state index contributed by atoms with van der Waals surface area (Å²) in [5, 5.41) is 1.11. The highest BCUT2D eigenvalue weighted by Gasteiger charge is 2.34. The first-order chi connectivity index (χ1) is 16.8. The number of nitrogens with one attached hydrogen (secondary N) is 1. The maximum absolute atomic E-state index is 14.3. The molecule has 3 aromatic rings. The van der Waals surface area contributed by atoms with Crippen LogP contribution in [0, 0.1) is 18.6 Å². The van der Waals surface area contributed by atoms with Crippen LogP contribution in [0.2, 0.25) is 0 Å². The molecule has 3 heterocycles. The van der Waals surface area contributed by atoms with Crippen molar-refractivity contribution in [2.45, 2.75) is 26.3 Å². The maximum atomic E-state index is 14.3. The molecule has 182 valence electrons. The molecule has 0 saturated carbocycles. The molecule has 4 rings (SSSR count). The van der Waals surface area contributed by atoms with Gasteiger partial charge < -0.3 is 9.30 Å². The number of hydrogen-bond acceptors (Lipinski definition) is 5. The van der Waals surface area contributed by atoms with Crippen LogP contribution in [-0.4, -0.2) is 51.2 Å². The molecule has 1 aliphatic rings. The van der Waals surface area contributed by atoms with Gasteiger partial charge in [-0.05, 0) is 50.6 Å². The van der Waals surface area contributed by atoms with E-state index in [2.05, 4.69) is 15.4 Å². The van der Waals surface area contributed by atoms with Gasteiger partial charge in [-0.3, -0.25) is 15.1 Å². The second kappa shape index (κ2) is 9.92. The highest BCUT2D eigenvalue weighted by atomic mass is 19.1. The van der Waals surface area contributed by atoms with Gasteiger partial charge in [-0.25, -0.2) is 28.6 Å². The third-order valence-corrected chi connectivity index (χ3v) is 5.51. The first kappa shape index (κ1) is 23.9. The summed E-state index contributed by atoms with van der Waals surface area (Å²) in [6.07, 6.45) is 6.67. The van der Waals surface area contributed by atoms with E-state index >= 15 is 0 Å². The molecule has 0 radical (unpaired) electrons. The Morgan fingerprint density at radius 3 is 2.69 bits per heavy atom. The van der Waals surface area contributed by atoms with E-state index in [4.69, 9.17) is 4.74 Å². The zero-order valence-electron chi connectivity index (χ0n) is 19.4. The number of methoxy groups -OCH3 is 1. The number of rotatable bonds is 6. The fourth-order valence-corrected chi connectivity index (χ4v) is 3.75. The summed E-state index contributed by atoms with van der Waals surface area (Å²) in [4.78, 5) is 35.2. The van der Waals surface area contributed by atoms with Gasteiger partial charge in [0.2, 0.25) is 5.88 Å². The monoisotopic (exact) mass is 482 g/mol. The number of benzene rings is 1. The Morgan fingerprint density at radius 1 is 1.23 bits per heavy atom. The summed E-state index contributed by atoms with van der Waals surface area (Å²) in [6, 6.07) is 5.56. The lowest BCUT2D eigenvalue weighted by atomic mass is 10.1. The molecule has 35 heavy (non-hydrogen) atoms. The topological polar surface area (TPSA) is 92.6 Å². The number of nitrogens with zero attached hydrogens (tertiary/aromatic N) is 5. The molecule has 1 aliphatic heterocycles. The Bertz CT molecular complexity index is 1290. The Balaban J connectivity index is 1.46. The number of aromatic nitrogens is 3. The van der Waals surface area contributed by atoms with Crippen molar-refractivity contribution in [2.75, 3.05) is 18.6 Å². The van der Waals surface area contributed by atoms with Crippen LogP contribution in [0.1, 0.15) is 24.7 Å². The van der Waals surface area contributed by atoms with E-state index in [0.29, 0.717) is 23.7 Å². The third kappa shape index (κ3) is 5.13. The number of halogens is 2. The molecule has 0 bridgehead atoms. The van der Waals surface area contributed by atoms with Crippen molar-refractivity contribution in [3.63, 3.8) is 0 Å². The SMILES string of the molecule is COc1nc(/C=C/C(=O)NN2CCC(C)N(c3ccc(F)cc3F)C2=O)ccc1-n1cnc(C)c1. The molecule has 11 heteroatoms. The largest absolute Gasteiger partial charge is 0.479 e. The number of ether oxygens (including phenoxy) is 1. The van der Waals surface area contributed by atoms with E-state index in [-0.39, 0.29) is 18.3 Å². The fourth-order valence-electron chi connectivity index (χ4n) is 3.75. The second-order valence-corrected chi connectivity index (χ2v) is 8.03. The molecule has 9 nitrogen and oxygen atoms in total. The second-order valence-electron chi connectivity index (χ2n) is 8.03. The van der Waals surface area contributed by atoms with E-state index in [9.17, 15) is 18.4 Å². The van der Waals surface area contributed by atoms with E-state index in [1.54, 1.807) is 30.0 Å². The maximum Gasteiger partial charge on any atom is 0.343 e. The number of pyridine rings is 1. The van der Waals surface area contributed by atoms with E-state index < -0.39 is 23.6 Å². The molecular formula is C24H24F2N6O3. The highest BCUT2D eigenvalue weighted by Crippen LogP contribution is 2.27. The summed E-state index contributed by atoms with van der Waals surface area (Å²) >= 11 is 0. The standard InChI is InChI=1S/C24H24F2N6O3/c1-15-13-30(14-27-15)21-8-5-18(28-23(21)35-3)6-9-22(33)29-31-11-10-16(2)32(24(31)34)20-7-4-17(25)12-19(20)26/h4-9,12-14,16H,10-11H2,1-3H3,(H,29,33)/b9-6+. The van der Waals surface area contributed by atoms with E-state index in [1.165, 1.54) is 30.2 Å². The van der Waals surface area contributed by atoms with Crippen LogP contribution in [0.4, 0.5) is 19.3 Å². The van der Waals surface area contributed by atoms with Crippen LogP contribution in [0.25, 0.3) is 11.8 Å². The van der Waals surface area contributed by atoms with Gasteiger partial charge in [0.15, 0.2) is 0 Å². The van der Waals surface area contributed by atoms with Crippen molar-refractivity contribution < 1.29 is 23.1 Å². The summed E-state index contributed by atoms with van der Waals surface area (Å²) in [6.45, 7) is 3.87. The van der Waals surface area contributed by atoms with E-state index in [0.717, 1.165) is 22.8 Å². The van der Waals surface area contributed by atoms with Gasteiger partial charge in [0.05, 0.1) is 30.5 Å². The van der Waals surface area contributed by atoms with Crippen molar-refractivity contribution in [1.82, 2.24) is 25.0 Å². The predicted octanol–water partition coefficient (Wildman–Crippen LogP) is 3.63. The molecule has 0 aliphatic carbocycles. The molecule has 2 aromatic heterocycles. The number of carbonyl (C=O) groups is 2. The molecule has 0 spiro atoms. The van der Waals surface area contributed by atoms with Crippen molar-refractivity contribution in [3.8, 4) is 11.6 Å². The quantitative estimate of drug-likeness (QED) is 0.542. The van der Waals surface area contributed by atoms with Gasteiger partial charge >= 0.3 is 6.03 Å². The molecule has 1 atom stereocenters. The summed E-state index contributed by atoms with van der Waals surface area (Å²) in [5.41, 5.74) is 4.45. The van der Waals surface area contributed by atoms with Crippen LogP contribution < -0.4 is 15.1 Å². The molecule has 1 N–H and O–H groups in total. The van der Waals surface area contributed by atoms with E-state index in [1.807, 2.05) is 13.1 Å². The Hall–Kier alpha value is -4.28. The normalized spacial score (nSPS) is 16.1. The van der Waals surface area contributed by atoms with Crippen molar-refractivity contribution in [2.24, 2.45) is 0 Å². The molecule has 3 amide bonds. The number of amides is 3. The summed E-state index contributed by atoms with van der Waals surface area (Å²) < 4.78 is 34.8. The number of anilines is 1. The number of urea groups is 1. The van der Waals surface area contributed by atoms with Crippen LogP contribution in [0.5, 0.6) is 5.88 Å². The lowest BCUT2D eigenvalue weighted by molar-refractivity contribution is -0.120. The van der Waals surface area contributed by atoms with Gasteiger partial charge in [0, 0.05) is 30.9 Å². The number of hydrazine groups is 1. The average molecular weight is 482 g/mol. The molecule has 1 unspecified atom stereocenters. The number of carbonyl (C=O) groups excluding carboxylic acids is 2. The first-order valence-corrected chi connectivity index (χ1v) is 10.9. The lowest BCUT2D eigenvalue weighted by Gasteiger charge is -2.39. The van der Waals surface area contributed by atoms with Crippen LogP contribution >= 0.6 is 0 Å². The van der Waals surface area contributed by atoms with Gasteiger partial charge in [0.1, 0.15) is 17.3 Å². The summed E-state index contributed by atoms with van der Waals surface area (Å²) in [5.74, 6) is -1.81. The van der Waals surface area contributed by atoms with Crippen LogP contribution in [0.15, 0.2) is 48.9 Å². The van der Waals surface area contributed by atoms with Crippen LogP contribution in [0.3, 0.4) is 0 Å². The molecule has 1 fully saturated rings. The number of imidazole rings is 1. The van der Waals surface area contributed by atoms with Gasteiger partial charge in [0.25, 0.3) is 5.91 Å². The van der Waals surface area contributed by atoms with Gasteiger partial charge in [-0.1, -0.05) is 0 Å². The highest BCUT2D eigenvalue weighted by molar-refractivity contribution is 5.97. The Morgan fingerprint density at radius 2 is 2.00 bits per heavy atom. The Labute approximate surface area is 200 Å². The minimum atomic E-state index is -0.854. The molecule has 1 aromatic carbocycles. The zero-order chi connectivity index (χ0) is 25.1. The summed E-state index contributed by atoms with van der Waals surface area (Å²) in [7, 11) is 1.49. The number of hydrogen-bond donors (Lipinski definition) is 1. The molecule has 1 saturated heterocycles.